The highest BCUT2D eigenvalue weighted by atomic mass is 35.5. The Balaban J connectivity index is 0.00000288. The number of nitrogens with one attached hydrogen (secondary N) is 1. The van der Waals surface area contributed by atoms with Crippen molar-refractivity contribution in [3.63, 3.8) is 0 Å². The number of aromatic nitrogens is 1. The smallest absolute Gasteiger partial charge is 0.226 e. The number of hydrogen-bond donors (Lipinski definition) is 2. The molecule has 0 aliphatic heterocycles. The minimum Gasteiger partial charge on any atom is -0.330 e. The second kappa shape index (κ2) is 11.5. The van der Waals surface area contributed by atoms with Crippen LogP contribution >= 0.6 is 35.5 Å². The van der Waals surface area contributed by atoms with E-state index in [1.54, 1.807) is 11.8 Å². The molecule has 0 spiro atoms. The van der Waals surface area contributed by atoms with E-state index in [0.29, 0.717) is 11.6 Å². The van der Waals surface area contributed by atoms with Crippen LogP contribution in [0.15, 0.2) is 34.5 Å². The van der Waals surface area contributed by atoms with Gasteiger partial charge >= 0.3 is 0 Å². The molecule has 0 radical (unpaired) electrons. The Morgan fingerprint density at radius 2 is 1.92 bits per heavy atom. The van der Waals surface area contributed by atoms with Gasteiger partial charge in [-0.3, -0.25) is 4.79 Å². The molecule has 1 heterocycles. The average Bonchev–Trinajstić information content (AvgIpc) is 3.03. The SMILES string of the molecule is CSc1ccc(-c2csc(NC(=O)CCCCCCN)n2)cc1.Cl. The van der Waals surface area contributed by atoms with Crippen molar-refractivity contribution in [1.82, 2.24) is 4.98 Å². The zero-order valence-electron chi connectivity index (χ0n) is 13.8. The summed E-state index contributed by atoms with van der Waals surface area (Å²) in [6.45, 7) is 0.728. The van der Waals surface area contributed by atoms with E-state index in [4.69, 9.17) is 5.73 Å². The molecule has 4 nitrogen and oxygen atoms in total. The van der Waals surface area contributed by atoms with Crippen LogP contribution in [-0.4, -0.2) is 23.7 Å². The van der Waals surface area contributed by atoms with Crippen molar-refractivity contribution >= 4 is 46.5 Å². The summed E-state index contributed by atoms with van der Waals surface area (Å²) in [5.74, 6) is 0.0383. The van der Waals surface area contributed by atoms with Gasteiger partial charge < -0.3 is 11.1 Å². The number of hydrogen-bond acceptors (Lipinski definition) is 5. The van der Waals surface area contributed by atoms with Crippen LogP contribution < -0.4 is 11.1 Å². The number of halogens is 1. The molecule has 7 heteroatoms. The van der Waals surface area contributed by atoms with E-state index in [2.05, 4.69) is 40.8 Å². The highest BCUT2D eigenvalue weighted by molar-refractivity contribution is 7.98. The fraction of sp³-hybridized carbons (Fsp3) is 0.412. The Hall–Kier alpha value is -1.08. The van der Waals surface area contributed by atoms with Crippen LogP contribution in [0, 0.1) is 0 Å². The molecule has 0 aliphatic rings. The van der Waals surface area contributed by atoms with Crippen molar-refractivity contribution in [2.24, 2.45) is 5.73 Å². The standard InChI is InChI=1S/C17H23N3OS2.ClH/c1-22-14-9-7-13(8-10-14)15-12-23-17(19-15)20-16(21)6-4-2-3-5-11-18;/h7-10,12H,2-6,11,18H2,1H3,(H,19,20,21);1H. The molecule has 3 N–H and O–H groups in total. The third kappa shape index (κ3) is 6.81. The number of nitrogens with zero attached hydrogens (tertiary/aromatic N) is 1. The van der Waals surface area contributed by atoms with Crippen molar-refractivity contribution in [3.8, 4) is 11.3 Å². The second-order valence-electron chi connectivity index (χ2n) is 5.27. The molecule has 1 amide bonds. The highest BCUT2D eigenvalue weighted by Crippen LogP contribution is 2.26. The summed E-state index contributed by atoms with van der Waals surface area (Å²) in [7, 11) is 0. The maximum atomic E-state index is 11.9. The van der Waals surface area contributed by atoms with Crippen molar-refractivity contribution in [3.05, 3.63) is 29.6 Å². The normalized spacial score (nSPS) is 10.2. The zero-order chi connectivity index (χ0) is 16.5. The number of nitrogens with two attached hydrogens (primary N) is 1. The summed E-state index contributed by atoms with van der Waals surface area (Å²) >= 11 is 3.18. The molecule has 1 aromatic carbocycles. The van der Waals surface area contributed by atoms with Gasteiger partial charge in [0.15, 0.2) is 5.13 Å². The summed E-state index contributed by atoms with van der Waals surface area (Å²) < 4.78 is 0. The van der Waals surface area contributed by atoms with Crippen LogP contribution in [0.4, 0.5) is 5.13 Å². The van der Waals surface area contributed by atoms with E-state index in [1.807, 2.05) is 5.38 Å². The van der Waals surface area contributed by atoms with E-state index >= 15 is 0 Å². The molecule has 0 aliphatic carbocycles. The molecule has 0 atom stereocenters. The van der Waals surface area contributed by atoms with Gasteiger partial charge in [0.1, 0.15) is 0 Å². The molecular weight excluding hydrogens is 362 g/mol. The summed E-state index contributed by atoms with van der Waals surface area (Å²) in [6, 6.07) is 8.28. The lowest BCUT2D eigenvalue weighted by atomic mass is 10.1. The van der Waals surface area contributed by atoms with Gasteiger partial charge in [0.05, 0.1) is 5.69 Å². The van der Waals surface area contributed by atoms with Crippen LogP contribution in [-0.2, 0) is 4.79 Å². The van der Waals surface area contributed by atoms with Gasteiger partial charge in [0.2, 0.25) is 5.91 Å². The number of anilines is 1. The Labute approximate surface area is 158 Å². The fourth-order valence-electron chi connectivity index (χ4n) is 2.19. The number of benzene rings is 1. The van der Waals surface area contributed by atoms with Gasteiger partial charge in [-0.2, -0.15) is 0 Å². The minimum atomic E-state index is 0. The van der Waals surface area contributed by atoms with E-state index < -0.39 is 0 Å². The lowest BCUT2D eigenvalue weighted by molar-refractivity contribution is -0.116. The van der Waals surface area contributed by atoms with Crippen LogP contribution in [0.2, 0.25) is 0 Å². The lowest BCUT2D eigenvalue weighted by Gasteiger charge is -2.02. The molecule has 0 bridgehead atoms. The highest BCUT2D eigenvalue weighted by Gasteiger charge is 2.08. The zero-order valence-corrected chi connectivity index (χ0v) is 16.2. The first kappa shape index (κ1) is 21.0. The third-order valence-corrected chi connectivity index (χ3v) is 5.00. The topological polar surface area (TPSA) is 68.0 Å². The predicted octanol–water partition coefficient (Wildman–Crippen LogP) is 4.80. The van der Waals surface area contributed by atoms with Gasteiger partial charge in [-0.25, -0.2) is 4.98 Å². The first-order valence-corrected chi connectivity index (χ1v) is 9.93. The van der Waals surface area contributed by atoms with Gasteiger partial charge in [-0.15, -0.1) is 35.5 Å². The van der Waals surface area contributed by atoms with Crippen molar-refractivity contribution in [1.29, 1.82) is 0 Å². The molecule has 0 saturated heterocycles. The van der Waals surface area contributed by atoms with Gasteiger partial charge in [-0.05, 0) is 37.8 Å². The van der Waals surface area contributed by atoms with Crippen LogP contribution in [0.5, 0.6) is 0 Å². The first-order valence-electron chi connectivity index (χ1n) is 7.83. The van der Waals surface area contributed by atoms with Crippen LogP contribution in [0.25, 0.3) is 11.3 Å². The summed E-state index contributed by atoms with van der Waals surface area (Å²) in [6.07, 6.45) is 6.68. The molecule has 132 valence electrons. The molecule has 2 aromatic rings. The number of unbranched alkanes of at least 4 members (excludes halogenated alkanes) is 3. The molecule has 0 saturated carbocycles. The van der Waals surface area contributed by atoms with Gasteiger partial charge in [0.25, 0.3) is 0 Å². The Morgan fingerprint density at radius 1 is 1.21 bits per heavy atom. The summed E-state index contributed by atoms with van der Waals surface area (Å²) in [5.41, 5.74) is 7.43. The Kier molecular flexibility index (Phi) is 10.0. The second-order valence-corrected chi connectivity index (χ2v) is 7.01. The van der Waals surface area contributed by atoms with Crippen molar-refractivity contribution in [2.45, 2.75) is 37.0 Å². The molecule has 0 fully saturated rings. The first-order chi connectivity index (χ1) is 11.2. The number of amides is 1. The quantitative estimate of drug-likeness (QED) is 0.480. The van der Waals surface area contributed by atoms with E-state index in [1.165, 1.54) is 16.2 Å². The maximum absolute atomic E-state index is 11.9. The number of thiazole rings is 1. The number of carbonyl (C=O) groups is 1. The predicted molar refractivity (Wildman–Crippen MR) is 107 cm³/mol. The van der Waals surface area contributed by atoms with Crippen LogP contribution in [0.1, 0.15) is 32.1 Å². The summed E-state index contributed by atoms with van der Waals surface area (Å²) in [5, 5.41) is 5.53. The van der Waals surface area contributed by atoms with E-state index in [9.17, 15) is 4.79 Å². The summed E-state index contributed by atoms with van der Waals surface area (Å²) in [4.78, 5) is 17.6. The minimum absolute atomic E-state index is 0. The Morgan fingerprint density at radius 3 is 2.58 bits per heavy atom. The molecule has 24 heavy (non-hydrogen) atoms. The number of rotatable bonds is 9. The fourth-order valence-corrected chi connectivity index (χ4v) is 3.33. The monoisotopic (exact) mass is 385 g/mol. The Bertz CT molecular complexity index is 617. The number of thioether (sulfide) groups is 1. The molecule has 1 aromatic heterocycles. The average molecular weight is 386 g/mol. The molecule has 0 unspecified atom stereocenters. The van der Waals surface area contributed by atoms with Crippen LogP contribution in [0.3, 0.4) is 0 Å². The van der Waals surface area contributed by atoms with Gasteiger partial charge in [-0.1, -0.05) is 25.0 Å². The van der Waals surface area contributed by atoms with E-state index in [0.717, 1.165) is 43.5 Å². The maximum Gasteiger partial charge on any atom is 0.226 e. The number of carbonyl (C=O) groups excluding carboxylic acids is 1. The van der Waals surface area contributed by atoms with Crippen molar-refractivity contribution < 1.29 is 4.79 Å². The van der Waals surface area contributed by atoms with E-state index in [-0.39, 0.29) is 18.3 Å². The lowest BCUT2D eigenvalue weighted by Crippen LogP contribution is -2.10. The van der Waals surface area contributed by atoms with Crippen molar-refractivity contribution in [2.75, 3.05) is 18.1 Å². The molecule has 2 rings (SSSR count). The third-order valence-electron chi connectivity index (χ3n) is 3.49. The molecular formula is C17H24ClN3OS2. The largest absolute Gasteiger partial charge is 0.330 e. The van der Waals surface area contributed by atoms with Gasteiger partial charge in [0, 0.05) is 22.3 Å².